The lowest BCUT2D eigenvalue weighted by Gasteiger charge is -2.42. The van der Waals surface area contributed by atoms with Crippen LogP contribution in [0.15, 0.2) is 12.1 Å². The van der Waals surface area contributed by atoms with Gasteiger partial charge >= 0.3 is 0 Å². The highest BCUT2D eigenvalue weighted by Gasteiger charge is 2.45. The van der Waals surface area contributed by atoms with Gasteiger partial charge in [-0.1, -0.05) is 6.07 Å². The molecule has 1 aliphatic rings. The Hall–Kier alpha value is -1.00. The van der Waals surface area contributed by atoms with Gasteiger partial charge in [-0.05, 0) is 31.4 Å². The number of nitrogens with two attached hydrogens (primary N) is 1. The van der Waals surface area contributed by atoms with Gasteiger partial charge in [0, 0.05) is 6.04 Å². The van der Waals surface area contributed by atoms with Crippen molar-refractivity contribution in [2.45, 2.75) is 31.4 Å². The highest BCUT2D eigenvalue weighted by Crippen LogP contribution is 2.43. The average Bonchev–Trinajstić information content (AvgIpc) is 2.10. The molecule has 0 spiro atoms. The summed E-state index contributed by atoms with van der Waals surface area (Å²) in [4.78, 5) is 0. The molecule has 0 unspecified atom stereocenters. The summed E-state index contributed by atoms with van der Waals surface area (Å²) >= 11 is 0. The third kappa shape index (κ3) is 1.54. The van der Waals surface area contributed by atoms with Crippen molar-refractivity contribution in [2.75, 3.05) is 0 Å². The SMILES string of the molecule is Cc1ccc(F)c(C2(O)CC(N)C2)c1F. The molecule has 0 aromatic heterocycles. The summed E-state index contributed by atoms with van der Waals surface area (Å²) in [5.41, 5.74) is 4.21. The Kier molecular flexibility index (Phi) is 2.28. The van der Waals surface area contributed by atoms with Crippen LogP contribution < -0.4 is 5.73 Å². The van der Waals surface area contributed by atoms with Gasteiger partial charge in [0.15, 0.2) is 0 Å². The molecule has 0 atom stereocenters. The van der Waals surface area contributed by atoms with E-state index in [2.05, 4.69) is 0 Å². The molecule has 15 heavy (non-hydrogen) atoms. The highest BCUT2D eigenvalue weighted by molar-refractivity contribution is 5.33. The van der Waals surface area contributed by atoms with Gasteiger partial charge in [0.1, 0.15) is 11.6 Å². The Labute approximate surface area is 86.7 Å². The van der Waals surface area contributed by atoms with Crippen molar-refractivity contribution in [2.24, 2.45) is 5.73 Å². The lowest BCUT2D eigenvalue weighted by Crippen LogP contribution is -2.50. The number of aryl methyl sites for hydroxylation is 1. The fourth-order valence-electron chi connectivity index (χ4n) is 2.10. The largest absolute Gasteiger partial charge is 0.385 e. The number of halogens is 2. The zero-order chi connectivity index (χ0) is 11.2. The lowest BCUT2D eigenvalue weighted by atomic mass is 9.71. The van der Waals surface area contributed by atoms with Crippen LogP contribution in [0.5, 0.6) is 0 Å². The fourth-order valence-corrected chi connectivity index (χ4v) is 2.10. The molecule has 0 saturated heterocycles. The van der Waals surface area contributed by atoms with Gasteiger partial charge < -0.3 is 10.8 Å². The van der Waals surface area contributed by atoms with Crippen molar-refractivity contribution in [1.29, 1.82) is 0 Å². The lowest BCUT2D eigenvalue weighted by molar-refractivity contribution is -0.0578. The van der Waals surface area contributed by atoms with E-state index in [1.165, 1.54) is 12.1 Å². The average molecular weight is 213 g/mol. The third-order valence-corrected chi connectivity index (χ3v) is 2.95. The second kappa shape index (κ2) is 3.25. The molecule has 2 rings (SSSR count). The predicted octanol–water partition coefficient (Wildman–Crippen LogP) is 1.58. The molecule has 3 N–H and O–H groups in total. The Morgan fingerprint density at radius 2 is 2.00 bits per heavy atom. The molecular weight excluding hydrogens is 200 g/mol. The first kappa shape index (κ1) is 10.5. The summed E-state index contributed by atoms with van der Waals surface area (Å²) in [7, 11) is 0. The van der Waals surface area contributed by atoms with E-state index in [-0.39, 0.29) is 24.4 Å². The topological polar surface area (TPSA) is 46.2 Å². The number of rotatable bonds is 1. The van der Waals surface area contributed by atoms with E-state index in [4.69, 9.17) is 5.73 Å². The first-order valence-corrected chi connectivity index (χ1v) is 4.87. The van der Waals surface area contributed by atoms with Crippen LogP contribution in [0.4, 0.5) is 8.78 Å². The van der Waals surface area contributed by atoms with Gasteiger partial charge in [-0.25, -0.2) is 8.78 Å². The summed E-state index contributed by atoms with van der Waals surface area (Å²) in [6, 6.07) is 2.36. The Morgan fingerprint density at radius 1 is 1.40 bits per heavy atom. The summed E-state index contributed by atoms with van der Waals surface area (Å²) in [5, 5.41) is 9.98. The van der Waals surface area contributed by atoms with Gasteiger partial charge in [0.2, 0.25) is 0 Å². The minimum Gasteiger partial charge on any atom is -0.385 e. The molecule has 0 aliphatic heterocycles. The molecule has 1 aliphatic carbocycles. The minimum absolute atomic E-state index is 0.172. The van der Waals surface area contributed by atoms with E-state index in [1.807, 2.05) is 0 Å². The van der Waals surface area contributed by atoms with Crippen molar-refractivity contribution in [3.05, 3.63) is 34.9 Å². The Balaban J connectivity index is 2.48. The molecule has 0 amide bonds. The molecule has 0 radical (unpaired) electrons. The van der Waals surface area contributed by atoms with Crippen molar-refractivity contribution < 1.29 is 13.9 Å². The second-order valence-corrected chi connectivity index (χ2v) is 4.25. The predicted molar refractivity (Wildman–Crippen MR) is 52.2 cm³/mol. The molecule has 0 bridgehead atoms. The number of aliphatic hydroxyl groups is 1. The molecular formula is C11H13F2NO. The van der Waals surface area contributed by atoms with Gasteiger partial charge in [-0.15, -0.1) is 0 Å². The molecule has 0 heterocycles. The molecule has 82 valence electrons. The molecule has 4 heteroatoms. The number of benzene rings is 1. The Morgan fingerprint density at radius 3 is 2.53 bits per heavy atom. The monoisotopic (exact) mass is 213 g/mol. The van der Waals surface area contributed by atoms with Crippen LogP contribution in [0.3, 0.4) is 0 Å². The molecule has 1 saturated carbocycles. The smallest absolute Gasteiger partial charge is 0.135 e. The summed E-state index contributed by atoms with van der Waals surface area (Å²) in [5.74, 6) is -1.36. The van der Waals surface area contributed by atoms with Crippen LogP contribution in [-0.4, -0.2) is 11.1 Å². The van der Waals surface area contributed by atoms with E-state index in [0.29, 0.717) is 5.56 Å². The van der Waals surface area contributed by atoms with Crippen LogP contribution in [0.2, 0.25) is 0 Å². The van der Waals surface area contributed by atoms with Crippen LogP contribution >= 0.6 is 0 Å². The maximum atomic E-state index is 13.7. The van der Waals surface area contributed by atoms with Crippen molar-refractivity contribution in [1.82, 2.24) is 0 Å². The van der Waals surface area contributed by atoms with Crippen LogP contribution in [0, 0.1) is 18.6 Å². The fraction of sp³-hybridized carbons (Fsp3) is 0.455. The van der Waals surface area contributed by atoms with Crippen molar-refractivity contribution in [3.8, 4) is 0 Å². The van der Waals surface area contributed by atoms with E-state index >= 15 is 0 Å². The zero-order valence-electron chi connectivity index (χ0n) is 8.43. The molecule has 1 fully saturated rings. The van der Waals surface area contributed by atoms with Crippen LogP contribution in [0.25, 0.3) is 0 Å². The van der Waals surface area contributed by atoms with E-state index in [9.17, 15) is 13.9 Å². The van der Waals surface area contributed by atoms with Gasteiger partial charge in [0.25, 0.3) is 0 Å². The number of hydrogen-bond acceptors (Lipinski definition) is 2. The van der Waals surface area contributed by atoms with E-state index < -0.39 is 17.2 Å². The zero-order valence-corrected chi connectivity index (χ0v) is 8.43. The van der Waals surface area contributed by atoms with Crippen LogP contribution in [0.1, 0.15) is 24.0 Å². The van der Waals surface area contributed by atoms with Gasteiger partial charge in [-0.3, -0.25) is 0 Å². The Bertz CT molecular complexity index is 400. The van der Waals surface area contributed by atoms with Gasteiger partial charge in [0.05, 0.1) is 11.2 Å². The number of hydrogen-bond donors (Lipinski definition) is 2. The first-order valence-electron chi connectivity index (χ1n) is 4.87. The molecule has 1 aromatic carbocycles. The maximum Gasteiger partial charge on any atom is 0.135 e. The summed E-state index contributed by atoms with van der Waals surface area (Å²) < 4.78 is 27.1. The second-order valence-electron chi connectivity index (χ2n) is 4.25. The maximum absolute atomic E-state index is 13.7. The van der Waals surface area contributed by atoms with E-state index in [1.54, 1.807) is 6.92 Å². The molecule has 1 aromatic rings. The molecule has 2 nitrogen and oxygen atoms in total. The third-order valence-electron chi connectivity index (χ3n) is 2.95. The van der Waals surface area contributed by atoms with E-state index in [0.717, 1.165) is 0 Å². The normalized spacial score (nSPS) is 30.1. The summed E-state index contributed by atoms with van der Waals surface area (Å²) in [6.45, 7) is 1.54. The van der Waals surface area contributed by atoms with Crippen molar-refractivity contribution >= 4 is 0 Å². The highest BCUT2D eigenvalue weighted by atomic mass is 19.1. The summed E-state index contributed by atoms with van der Waals surface area (Å²) in [6.07, 6.45) is 0.425. The quantitative estimate of drug-likeness (QED) is 0.744. The van der Waals surface area contributed by atoms with Crippen LogP contribution in [-0.2, 0) is 5.60 Å². The van der Waals surface area contributed by atoms with Crippen molar-refractivity contribution in [3.63, 3.8) is 0 Å². The minimum atomic E-state index is -1.42. The first-order chi connectivity index (χ1) is 6.94. The standard InChI is InChI=1S/C11H13F2NO/c1-6-2-3-8(12)9(10(6)13)11(15)4-7(14)5-11/h2-3,7,15H,4-5,14H2,1H3. The van der Waals surface area contributed by atoms with Gasteiger partial charge in [-0.2, -0.15) is 0 Å².